The largest absolute Gasteiger partial charge is 0.376 e. The van der Waals surface area contributed by atoms with Gasteiger partial charge in [-0.25, -0.2) is 0 Å². The topological polar surface area (TPSA) is 35.2 Å². The van der Waals surface area contributed by atoms with Gasteiger partial charge in [-0.3, -0.25) is 0 Å². The summed E-state index contributed by atoms with van der Waals surface area (Å²) in [5.41, 5.74) is 7.70. The number of methoxy groups -OCH3 is 1. The molecule has 19 heavy (non-hydrogen) atoms. The lowest BCUT2D eigenvalue weighted by Gasteiger charge is -2.46. The van der Waals surface area contributed by atoms with E-state index in [1.165, 1.54) is 0 Å². The van der Waals surface area contributed by atoms with Crippen LogP contribution in [0.5, 0.6) is 0 Å². The predicted octanol–water partition coefficient (Wildman–Crippen LogP) is 4.33. The maximum Gasteiger partial charge on any atom is 0.0870 e. The summed E-state index contributed by atoms with van der Waals surface area (Å²) in [5, 5.41) is 0.732. The fourth-order valence-electron chi connectivity index (χ4n) is 3.00. The SMILES string of the molecule is COC1(C(N)c2cccc(Cl)c2)CCC(C)(C)CC1. The van der Waals surface area contributed by atoms with Crippen LogP contribution < -0.4 is 5.73 Å². The minimum atomic E-state index is -0.250. The van der Waals surface area contributed by atoms with Crippen LogP contribution in [0.25, 0.3) is 0 Å². The van der Waals surface area contributed by atoms with Gasteiger partial charge in [-0.1, -0.05) is 37.6 Å². The lowest BCUT2D eigenvalue weighted by molar-refractivity contribution is -0.0794. The molecule has 0 aromatic heterocycles. The first-order valence-corrected chi connectivity index (χ1v) is 7.33. The Morgan fingerprint density at radius 2 is 1.84 bits per heavy atom. The average molecular weight is 282 g/mol. The van der Waals surface area contributed by atoms with Crippen LogP contribution in [0.3, 0.4) is 0 Å². The summed E-state index contributed by atoms with van der Waals surface area (Å²) in [4.78, 5) is 0. The summed E-state index contributed by atoms with van der Waals surface area (Å²) in [6.07, 6.45) is 4.30. The van der Waals surface area contributed by atoms with Gasteiger partial charge < -0.3 is 10.5 Å². The Kier molecular flexibility index (Phi) is 4.24. The second-order valence-electron chi connectivity index (χ2n) is 6.47. The van der Waals surface area contributed by atoms with Crippen LogP contribution in [0, 0.1) is 5.41 Å². The zero-order valence-electron chi connectivity index (χ0n) is 12.1. The zero-order chi connectivity index (χ0) is 14.1. The second kappa shape index (κ2) is 5.43. The summed E-state index contributed by atoms with van der Waals surface area (Å²) in [5.74, 6) is 0. The van der Waals surface area contributed by atoms with Crippen molar-refractivity contribution < 1.29 is 4.74 Å². The van der Waals surface area contributed by atoms with E-state index in [1.807, 2.05) is 24.3 Å². The number of nitrogens with two attached hydrogens (primary N) is 1. The molecule has 0 bridgehead atoms. The Bertz CT molecular complexity index is 434. The lowest BCUT2D eigenvalue weighted by Crippen LogP contribution is -2.47. The second-order valence-corrected chi connectivity index (χ2v) is 6.90. The van der Waals surface area contributed by atoms with Crippen molar-refractivity contribution in [3.05, 3.63) is 34.9 Å². The van der Waals surface area contributed by atoms with Gasteiger partial charge in [0, 0.05) is 12.1 Å². The van der Waals surface area contributed by atoms with E-state index in [0.717, 1.165) is 36.3 Å². The van der Waals surface area contributed by atoms with E-state index in [9.17, 15) is 0 Å². The third-order valence-electron chi connectivity index (χ3n) is 4.63. The van der Waals surface area contributed by atoms with Crippen LogP contribution >= 0.6 is 11.6 Å². The molecule has 0 heterocycles. The molecule has 0 aliphatic heterocycles. The molecule has 0 spiro atoms. The molecule has 2 nitrogen and oxygen atoms in total. The molecule has 0 amide bonds. The van der Waals surface area contributed by atoms with Crippen LogP contribution in [-0.4, -0.2) is 12.7 Å². The minimum absolute atomic E-state index is 0.118. The van der Waals surface area contributed by atoms with Crippen molar-refractivity contribution in [1.29, 1.82) is 0 Å². The Labute approximate surface area is 121 Å². The average Bonchev–Trinajstić information content (AvgIpc) is 2.39. The van der Waals surface area contributed by atoms with Crippen molar-refractivity contribution in [1.82, 2.24) is 0 Å². The van der Waals surface area contributed by atoms with Crippen LogP contribution in [0.15, 0.2) is 24.3 Å². The van der Waals surface area contributed by atoms with Gasteiger partial charge in [0.25, 0.3) is 0 Å². The van der Waals surface area contributed by atoms with Gasteiger partial charge in [0.1, 0.15) is 0 Å². The highest BCUT2D eigenvalue weighted by Gasteiger charge is 2.43. The molecule has 1 aromatic rings. The Morgan fingerprint density at radius 3 is 2.37 bits per heavy atom. The Balaban J connectivity index is 2.22. The van der Waals surface area contributed by atoms with Gasteiger partial charge in [-0.05, 0) is 48.8 Å². The summed E-state index contributed by atoms with van der Waals surface area (Å²) in [6, 6.07) is 7.70. The van der Waals surface area contributed by atoms with E-state index in [0.29, 0.717) is 5.41 Å². The zero-order valence-corrected chi connectivity index (χ0v) is 12.8. The van der Waals surface area contributed by atoms with Crippen molar-refractivity contribution in [2.45, 2.75) is 51.2 Å². The maximum atomic E-state index is 6.49. The van der Waals surface area contributed by atoms with Gasteiger partial charge in [0.2, 0.25) is 0 Å². The van der Waals surface area contributed by atoms with Crippen LogP contribution in [0.1, 0.15) is 51.1 Å². The molecular formula is C16H24ClNO. The minimum Gasteiger partial charge on any atom is -0.376 e. The van der Waals surface area contributed by atoms with Gasteiger partial charge in [0.15, 0.2) is 0 Å². The molecule has 1 fully saturated rings. The maximum absolute atomic E-state index is 6.49. The molecule has 1 aromatic carbocycles. The van der Waals surface area contributed by atoms with Crippen molar-refractivity contribution in [2.24, 2.45) is 11.1 Å². The molecular weight excluding hydrogens is 258 g/mol. The van der Waals surface area contributed by atoms with E-state index in [4.69, 9.17) is 22.1 Å². The summed E-state index contributed by atoms with van der Waals surface area (Å²) in [6.45, 7) is 4.63. The van der Waals surface area contributed by atoms with Crippen molar-refractivity contribution in [3.8, 4) is 0 Å². The monoisotopic (exact) mass is 281 g/mol. The third-order valence-corrected chi connectivity index (χ3v) is 4.87. The lowest BCUT2D eigenvalue weighted by atomic mass is 9.67. The molecule has 1 aliphatic carbocycles. The number of rotatable bonds is 3. The van der Waals surface area contributed by atoms with Crippen LogP contribution in [0.4, 0.5) is 0 Å². The molecule has 0 radical (unpaired) electrons. The van der Waals surface area contributed by atoms with E-state index in [1.54, 1.807) is 7.11 Å². The first-order chi connectivity index (χ1) is 8.88. The number of hydrogen-bond donors (Lipinski definition) is 1. The molecule has 2 N–H and O–H groups in total. The van der Waals surface area contributed by atoms with E-state index < -0.39 is 0 Å². The number of benzene rings is 1. The number of hydrogen-bond acceptors (Lipinski definition) is 2. The Hall–Kier alpha value is -0.570. The van der Waals surface area contributed by atoms with Gasteiger partial charge in [-0.15, -0.1) is 0 Å². The number of ether oxygens (including phenoxy) is 1. The van der Waals surface area contributed by atoms with Gasteiger partial charge >= 0.3 is 0 Å². The third kappa shape index (κ3) is 3.13. The van der Waals surface area contributed by atoms with Crippen molar-refractivity contribution in [2.75, 3.05) is 7.11 Å². The summed E-state index contributed by atoms with van der Waals surface area (Å²) >= 11 is 6.07. The first-order valence-electron chi connectivity index (χ1n) is 6.95. The van der Waals surface area contributed by atoms with Crippen molar-refractivity contribution >= 4 is 11.6 Å². The quantitative estimate of drug-likeness (QED) is 0.895. The molecule has 3 heteroatoms. The summed E-state index contributed by atoms with van der Waals surface area (Å²) < 4.78 is 5.86. The molecule has 1 unspecified atom stereocenters. The smallest absolute Gasteiger partial charge is 0.0870 e. The van der Waals surface area contributed by atoms with Crippen LogP contribution in [-0.2, 0) is 4.74 Å². The molecule has 0 saturated heterocycles. The Morgan fingerprint density at radius 1 is 1.21 bits per heavy atom. The molecule has 2 rings (SSSR count). The van der Waals surface area contributed by atoms with Crippen molar-refractivity contribution in [3.63, 3.8) is 0 Å². The normalized spacial score (nSPS) is 23.0. The highest BCUT2D eigenvalue weighted by atomic mass is 35.5. The highest BCUT2D eigenvalue weighted by molar-refractivity contribution is 6.30. The van der Waals surface area contributed by atoms with Crippen LogP contribution in [0.2, 0.25) is 5.02 Å². The predicted molar refractivity (Wildman–Crippen MR) is 80.4 cm³/mol. The van der Waals surface area contributed by atoms with E-state index in [-0.39, 0.29) is 11.6 Å². The fraction of sp³-hybridized carbons (Fsp3) is 0.625. The van der Waals surface area contributed by atoms with Gasteiger partial charge in [0.05, 0.1) is 11.6 Å². The summed E-state index contributed by atoms with van der Waals surface area (Å²) in [7, 11) is 1.78. The fourth-order valence-corrected chi connectivity index (χ4v) is 3.19. The van der Waals surface area contributed by atoms with E-state index >= 15 is 0 Å². The molecule has 1 aliphatic rings. The molecule has 1 saturated carbocycles. The molecule has 1 atom stereocenters. The van der Waals surface area contributed by atoms with Gasteiger partial charge in [-0.2, -0.15) is 0 Å². The van der Waals surface area contributed by atoms with E-state index in [2.05, 4.69) is 13.8 Å². The highest BCUT2D eigenvalue weighted by Crippen LogP contribution is 2.46. The molecule has 106 valence electrons. The standard InChI is InChI=1S/C16H24ClNO/c1-15(2)7-9-16(19-3,10-8-15)14(18)12-5-4-6-13(17)11-12/h4-6,11,14H,7-10,18H2,1-3H3. The first kappa shape index (κ1) is 14.8. The number of halogens is 1.